The van der Waals surface area contributed by atoms with Gasteiger partial charge in [-0.05, 0) is 73.8 Å². The summed E-state index contributed by atoms with van der Waals surface area (Å²) in [6.45, 7) is 0.836. The summed E-state index contributed by atoms with van der Waals surface area (Å²) >= 11 is 0. The average molecular weight is 268 g/mol. The molecule has 1 aromatic heterocycles. The van der Waals surface area contributed by atoms with Gasteiger partial charge in [0.25, 0.3) is 0 Å². The van der Waals surface area contributed by atoms with Gasteiger partial charge in [0.05, 0.1) is 12.8 Å². The van der Waals surface area contributed by atoms with Crippen molar-refractivity contribution in [2.24, 2.45) is 29.6 Å². The van der Waals surface area contributed by atoms with Crippen LogP contribution in [0.5, 0.6) is 5.75 Å². The highest BCUT2D eigenvalue weighted by atomic mass is 16.5. The summed E-state index contributed by atoms with van der Waals surface area (Å²) in [5, 5.41) is 8.75. The molecule has 0 spiro atoms. The molecule has 5 rings (SSSR count). The molecule has 4 bridgehead atoms. The van der Waals surface area contributed by atoms with Crippen LogP contribution in [-0.4, -0.2) is 11.6 Å². The van der Waals surface area contributed by atoms with Crippen molar-refractivity contribution in [1.82, 2.24) is 4.98 Å². The normalized spacial score (nSPS) is 37.6. The van der Waals surface area contributed by atoms with Crippen LogP contribution in [0, 0.1) is 40.9 Å². The topological polar surface area (TPSA) is 45.9 Å². The van der Waals surface area contributed by atoms with Crippen molar-refractivity contribution < 1.29 is 4.74 Å². The second-order valence-electron chi connectivity index (χ2n) is 6.90. The van der Waals surface area contributed by atoms with Crippen LogP contribution in [0.3, 0.4) is 0 Å². The van der Waals surface area contributed by atoms with Gasteiger partial charge in [0, 0.05) is 0 Å². The molecule has 0 atom stereocenters. The molecule has 0 aliphatic heterocycles. The van der Waals surface area contributed by atoms with Crippen LogP contribution >= 0.6 is 0 Å². The SMILES string of the molecule is N#Cc1ccc(OCC2C3CC4CC(C3)CC2C4)cn1. The Morgan fingerprint density at radius 3 is 2.35 bits per heavy atom. The second kappa shape index (κ2) is 4.77. The van der Waals surface area contributed by atoms with E-state index in [0.29, 0.717) is 5.69 Å². The first kappa shape index (κ1) is 12.2. The number of aromatic nitrogens is 1. The highest BCUT2D eigenvalue weighted by Gasteiger charge is 2.48. The van der Waals surface area contributed by atoms with Crippen LogP contribution in [0.2, 0.25) is 0 Å². The third kappa shape index (κ3) is 2.08. The summed E-state index contributed by atoms with van der Waals surface area (Å²) in [6, 6.07) is 5.63. The zero-order valence-corrected chi connectivity index (χ0v) is 11.7. The molecule has 3 nitrogen and oxygen atoms in total. The Morgan fingerprint density at radius 1 is 1.10 bits per heavy atom. The zero-order chi connectivity index (χ0) is 13.5. The Balaban J connectivity index is 1.41. The predicted molar refractivity (Wildman–Crippen MR) is 75.0 cm³/mol. The Labute approximate surface area is 120 Å². The molecule has 0 aromatic carbocycles. The molecule has 0 N–H and O–H groups in total. The fourth-order valence-electron chi connectivity index (χ4n) is 5.03. The van der Waals surface area contributed by atoms with Crippen LogP contribution in [-0.2, 0) is 0 Å². The van der Waals surface area contributed by atoms with E-state index < -0.39 is 0 Å². The Kier molecular flexibility index (Phi) is 2.91. The maximum absolute atomic E-state index is 8.75. The van der Waals surface area contributed by atoms with Crippen LogP contribution < -0.4 is 4.74 Å². The van der Waals surface area contributed by atoms with Gasteiger partial charge in [-0.1, -0.05) is 0 Å². The van der Waals surface area contributed by atoms with E-state index in [1.807, 2.05) is 12.1 Å². The molecule has 0 unspecified atom stereocenters. The maximum atomic E-state index is 8.75. The van der Waals surface area contributed by atoms with Gasteiger partial charge in [0.1, 0.15) is 17.5 Å². The van der Waals surface area contributed by atoms with E-state index >= 15 is 0 Å². The summed E-state index contributed by atoms with van der Waals surface area (Å²) < 4.78 is 5.96. The average Bonchev–Trinajstić information content (AvgIpc) is 2.46. The van der Waals surface area contributed by atoms with Gasteiger partial charge in [-0.25, -0.2) is 4.98 Å². The molecule has 4 saturated carbocycles. The van der Waals surface area contributed by atoms with E-state index in [4.69, 9.17) is 10.00 Å². The minimum Gasteiger partial charge on any atom is -0.492 e. The molecule has 1 heterocycles. The third-order valence-electron chi connectivity index (χ3n) is 5.72. The van der Waals surface area contributed by atoms with E-state index in [1.54, 1.807) is 12.3 Å². The number of rotatable bonds is 3. The predicted octanol–water partition coefficient (Wildman–Crippen LogP) is 3.40. The number of nitrogens with zero attached hydrogens (tertiary/aromatic N) is 2. The number of ether oxygens (including phenoxy) is 1. The van der Waals surface area contributed by atoms with Gasteiger partial charge in [0.2, 0.25) is 0 Å². The van der Waals surface area contributed by atoms with Crippen LogP contribution in [0.4, 0.5) is 0 Å². The first-order chi connectivity index (χ1) is 9.81. The van der Waals surface area contributed by atoms with Crippen molar-refractivity contribution >= 4 is 0 Å². The first-order valence-electron chi connectivity index (χ1n) is 7.80. The summed E-state index contributed by atoms with van der Waals surface area (Å²) in [7, 11) is 0. The van der Waals surface area contributed by atoms with Crippen LogP contribution in [0.25, 0.3) is 0 Å². The molecule has 1 aromatic rings. The van der Waals surface area contributed by atoms with Crippen LogP contribution in [0.1, 0.15) is 37.8 Å². The van der Waals surface area contributed by atoms with Gasteiger partial charge < -0.3 is 4.74 Å². The molecule has 0 saturated heterocycles. The number of hydrogen-bond acceptors (Lipinski definition) is 3. The van der Waals surface area contributed by atoms with E-state index in [1.165, 1.54) is 32.1 Å². The summed E-state index contributed by atoms with van der Waals surface area (Å²) in [4.78, 5) is 4.07. The molecule has 0 amide bonds. The zero-order valence-electron chi connectivity index (χ0n) is 11.7. The van der Waals surface area contributed by atoms with Crippen molar-refractivity contribution in [3.63, 3.8) is 0 Å². The van der Waals surface area contributed by atoms with Crippen molar-refractivity contribution in [2.45, 2.75) is 32.1 Å². The Bertz CT molecular complexity index is 503. The minimum absolute atomic E-state index is 0.451. The van der Waals surface area contributed by atoms with E-state index in [2.05, 4.69) is 4.98 Å². The first-order valence-corrected chi connectivity index (χ1v) is 7.80. The second-order valence-corrected chi connectivity index (χ2v) is 6.90. The molecule has 4 aliphatic carbocycles. The lowest BCUT2D eigenvalue weighted by molar-refractivity contribution is -0.0529. The lowest BCUT2D eigenvalue weighted by Crippen LogP contribution is -2.47. The van der Waals surface area contributed by atoms with E-state index in [9.17, 15) is 0 Å². The maximum Gasteiger partial charge on any atom is 0.140 e. The van der Waals surface area contributed by atoms with Gasteiger partial charge in [-0.3, -0.25) is 0 Å². The number of nitriles is 1. The Hall–Kier alpha value is -1.56. The van der Waals surface area contributed by atoms with Gasteiger partial charge in [0.15, 0.2) is 0 Å². The molecule has 3 heteroatoms. The molecule has 20 heavy (non-hydrogen) atoms. The van der Waals surface area contributed by atoms with Crippen molar-refractivity contribution in [1.29, 1.82) is 5.26 Å². The molecule has 4 aliphatic rings. The number of hydrogen-bond donors (Lipinski definition) is 0. The fraction of sp³-hybridized carbons (Fsp3) is 0.647. The van der Waals surface area contributed by atoms with Gasteiger partial charge in [-0.15, -0.1) is 0 Å². The lowest BCUT2D eigenvalue weighted by atomic mass is 9.52. The standard InChI is InChI=1S/C17H20N2O/c18-8-15-1-2-16(9-19-15)20-10-17-13-4-11-3-12(6-13)7-14(17)5-11/h1-2,9,11-14,17H,3-7,10H2. The largest absolute Gasteiger partial charge is 0.492 e. The molecule has 0 radical (unpaired) electrons. The highest BCUT2D eigenvalue weighted by molar-refractivity contribution is 5.26. The summed E-state index contributed by atoms with van der Waals surface area (Å²) in [6.07, 6.45) is 8.92. The van der Waals surface area contributed by atoms with E-state index in [-0.39, 0.29) is 0 Å². The van der Waals surface area contributed by atoms with Gasteiger partial charge in [-0.2, -0.15) is 5.26 Å². The summed E-state index contributed by atoms with van der Waals surface area (Å²) in [5.74, 6) is 5.39. The highest BCUT2D eigenvalue weighted by Crippen LogP contribution is 2.56. The molecule has 4 fully saturated rings. The quantitative estimate of drug-likeness (QED) is 0.844. The smallest absolute Gasteiger partial charge is 0.140 e. The minimum atomic E-state index is 0.451. The van der Waals surface area contributed by atoms with Crippen molar-refractivity contribution in [3.05, 3.63) is 24.0 Å². The van der Waals surface area contributed by atoms with Crippen molar-refractivity contribution in [2.75, 3.05) is 6.61 Å². The van der Waals surface area contributed by atoms with Crippen LogP contribution in [0.15, 0.2) is 18.3 Å². The fourth-order valence-corrected chi connectivity index (χ4v) is 5.03. The Morgan fingerprint density at radius 2 is 1.80 bits per heavy atom. The number of pyridine rings is 1. The molecular formula is C17H20N2O. The van der Waals surface area contributed by atoms with Gasteiger partial charge >= 0.3 is 0 Å². The molecular weight excluding hydrogens is 248 g/mol. The monoisotopic (exact) mass is 268 g/mol. The summed E-state index contributed by atoms with van der Waals surface area (Å²) in [5.41, 5.74) is 0.451. The molecule has 104 valence electrons. The third-order valence-corrected chi connectivity index (χ3v) is 5.72. The van der Waals surface area contributed by atoms with Crippen molar-refractivity contribution in [3.8, 4) is 11.8 Å². The van der Waals surface area contributed by atoms with E-state index in [0.717, 1.165) is 41.9 Å². The lowest BCUT2D eigenvalue weighted by Gasteiger charge is -2.54.